The molecule has 20 heavy (non-hydrogen) atoms. The summed E-state index contributed by atoms with van der Waals surface area (Å²) in [6, 6.07) is 15.0. The molecule has 0 radical (unpaired) electrons. The van der Waals surface area contributed by atoms with Crippen LogP contribution in [0.1, 0.15) is 17.2 Å². The Kier molecular flexibility index (Phi) is 3.94. The third-order valence-corrected chi connectivity index (χ3v) is 2.63. The molecule has 0 aliphatic rings. The molecule has 0 aliphatic heterocycles. The van der Waals surface area contributed by atoms with Gasteiger partial charge in [0.15, 0.2) is 0 Å². The van der Waals surface area contributed by atoms with Crippen LogP contribution in [0.3, 0.4) is 0 Å². The molecule has 0 amide bonds. The minimum atomic E-state index is -4.44. The zero-order chi connectivity index (χ0) is 14.6. The van der Waals surface area contributed by atoms with Crippen molar-refractivity contribution in [1.29, 1.82) is 5.26 Å². The van der Waals surface area contributed by atoms with Gasteiger partial charge in [0.1, 0.15) is 11.8 Å². The Balaban J connectivity index is 2.23. The standard InChI is InChI=1S/C15H10F3NO/c16-15(17,18)12-7-4-8-13(9-12)20-14(10-19)11-5-2-1-3-6-11/h1-9,14H. The van der Waals surface area contributed by atoms with Gasteiger partial charge in [0.05, 0.1) is 5.56 Å². The molecule has 0 heterocycles. The van der Waals surface area contributed by atoms with Gasteiger partial charge in [-0.3, -0.25) is 0 Å². The molecule has 102 valence electrons. The molecule has 0 fully saturated rings. The van der Waals surface area contributed by atoms with E-state index in [1.807, 2.05) is 6.07 Å². The van der Waals surface area contributed by atoms with E-state index in [1.165, 1.54) is 12.1 Å². The lowest BCUT2D eigenvalue weighted by molar-refractivity contribution is -0.137. The van der Waals surface area contributed by atoms with Crippen LogP contribution in [0.15, 0.2) is 54.6 Å². The predicted molar refractivity (Wildman–Crippen MR) is 66.9 cm³/mol. The van der Waals surface area contributed by atoms with Crippen molar-refractivity contribution in [2.45, 2.75) is 12.3 Å². The molecule has 2 nitrogen and oxygen atoms in total. The van der Waals surface area contributed by atoms with Crippen LogP contribution in [0, 0.1) is 11.3 Å². The minimum Gasteiger partial charge on any atom is -0.471 e. The highest BCUT2D eigenvalue weighted by molar-refractivity contribution is 5.32. The fourth-order valence-electron chi connectivity index (χ4n) is 1.68. The van der Waals surface area contributed by atoms with Gasteiger partial charge in [-0.05, 0) is 18.2 Å². The van der Waals surface area contributed by atoms with Gasteiger partial charge in [-0.2, -0.15) is 18.4 Å². The molecule has 1 unspecified atom stereocenters. The Bertz CT molecular complexity index is 617. The normalized spacial score (nSPS) is 12.5. The Morgan fingerprint density at radius 3 is 2.30 bits per heavy atom. The first kappa shape index (κ1) is 13.9. The van der Waals surface area contributed by atoms with Gasteiger partial charge >= 0.3 is 6.18 Å². The lowest BCUT2D eigenvalue weighted by Crippen LogP contribution is -2.08. The van der Waals surface area contributed by atoms with Gasteiger partial charge < -0.3 is 4.74 Å². The van der Waals surface area contributed by atoms with Gasteiger partial charge in [-0.25, -0.2) is 0 Å². The van der Waals surface area contributed by atoms with Crippen molar-refractivity contribution in [3.63, 3.8) is 0 Å². The topological polar surface area (TPSA) is 33.0 Å². The summed E-state index contributed by atoms with van der Waals surface area (Å²) in [4.78, 5) is 0. The number of nitrogens with zero attached hydrogens (tertiary/aromatic N) is 1. The van der Waals surface area contributed by atoms with Crippen molar-refractivity contribution in [1.82, 2.24) is 0 Å². The maximum atomic E-state index is 12.6. The molecule has 0 aliphatic carbocycles. The number of halogens is 3. The Morgan fingerprint density at radius 1 is 1.00 bits per heavy atom. The van der Waals surface area contributed by atoms with Crippen molar-refractivity contribution < 1.29 is 17.9 Å². The molecular formula is C15H10F3NO. The van der Waals surface area contributed by atoms with E-state index in [4.69, 9.17) is 10.00 Å². The second-order valence-electron chi connectivity index (χ2n) is 4.06. The summed E-state index contributed by atoms with van der Waals surface area (Å²) in [6.45, 7) is 0. The SMILES string of the molecule is N#CC(Oc1cccc(C(F)(F)F)c1)c1ccccc1. The van der Waals surface area contributed by atoms with E-state index in [-0.39, 0.29) is 5.75 Å². The van der Waals surface area contributed by atoms with Crippen molar-refractivity contribution in [2.24, 2.45) is 0 Å². The van der Waals surface area contributed by atoms with Crippen LogP contribution in [0.4, 0.5) is 13.2 Å². The summed E-state index contributed by atoms with van der Waals surface area (Å²) in [5, 5.41) is 9.07. The van der Waals surface area contributed by atoms with E-state index in [1.54, 1.807) is 30.3 Å². The first-order chi connectivity index (χ1) is 9.50. The van der Waals surface area contributed by atoms with Crippen molar-refractivity contribution in [3.05, 3.63) is 65.7 Å². The van der Waals surface area contributed by atoms with Crippen LogP contribution in [0.5, 0.6) is 5.75 Å². The van der Waals surface area contributed by atoms with Gasteiger partial charge in [-0.1, -0.05) is 36.4 Å². The Hall–Kier alpha value is -2.48. The largest absolute Gasteiger partial charge is 0.471 e. The van der Waals surface area contributed by atoms with Crippen molar-refractivity contribution in [2.75, 3.05) is 0 Å². The van der Waals surface area contributed by atoms with E-state index in [0.29, 0.717) is 5.56 Å². The maximum Gasteiger partial charge on any atom is 0.416 e. The Morgan fingerprint density at radius 2 is 1.70 bits per heavy atom. The van der Waals surface area contributed by atoms with E-state index in [9.17, 15) is 13.2 Å². The number of rotatable bonds is 3. The molecule has 0 spiro atoms. The lowest BCUT2D eigenvalue weighted by atomic mass is 10.1. The Labute approximate surface area is 114 Å². The molecule has 0 aromatic heterocycles. The summed E-state index contributed by atoms with van der Waals surface area (Å²) >= 11 is 0. The van der Waals surface area contributed by atoms with Crippen LogP contribution in [0.25, 0.3) is 0 Å². The van der Waals surface area contributed by atoms with Crippen LogP contribution in [0.2, 0.25) is 0 Å². The van der Waals surface area contributed by atoms with E-state index in [0.717, 1.165) is 12.1 Å². The first-order valence-corrected chi connectivity index (χ1v) is 5.79. The molecule has 2 aromatic carbocycles. The molecule has 0 saturated carbocycles. The fraction of sp³-hybridized carbons (Fsp3) is 0.133. The summed E-state index contributed by atoms with van der Waals surface area (Å²) < 4.78 is 43.1. The summed E-state index contributed by atoms with van der Waals surface area (Å²) in [5.74, 6) is 0.00947. The minimum absolute atomic E-state index is 0.00947. The third kappa shape index (κ3) is 3.29. The zero-order valence-corrected chi connectivity index (χ0v) is 10.3. The average molecular weight is 277 g/mol. The summed E-state index contributed by atoms with van der Waals surface area (Å²) in [6.07, 6.45) is -5.38. The highest BCUT2D eigenvalue weighted by atomic mass is 19.4. The van der Waals surface area contributed by atoms with E-state index in [2.05, 4.69) is 0 Å². The molecule has 5 heteroatoms. The smallest absolute Gasteiger partial charge is 0.416 e. The number of hydrogen-bond donors (Lipinski definition) is 0. The number of alkyl halides is 3. The summed E-state index contributed by atoms with van der Waals surface area (Å²) in [5.41, 5.74) is -0.216. The van der Waals surface area contributed by atoms with Gasteiger partial charge in [0.2, 0.25) is 6.10 Å². The van der Waals surface area contributed by atoms with E-state index >= 15 is 0 Å². The average Bonchev–Trinajstić information content (AvgIpc) is 2.45. The highest BCUT2D eigenvalue weighted by Gasteiger charge is 2.30. The van der Waals surface area contributed by atoms with Crippen molar-refractivity contribution in [3.8, 4) is 11.8 Å². The van der Waals surface area contributed by atoms with Gasteiger partial charge in [0.25, 0.3) is 0 Å². The number of ether oxygens (including phenoxy) is 1. The third-order valence-electron chi connectivity index (χ3n) is 2.63. The van der Waals surface area contributed by atoms with Crippen LogP contribution in [-0.2, 0) is 6.18 Å². The predicted octanol–water partition coefficient (Wildman–Crippen LogP) is 4.35. The number of benzene rings is 2. The second-order valence-corrected chi connectivity index (χ2v) is 4.06. The highest BCUT2D eigenvalue weighted by Crippen LogP contribution is 2.32. The fourth-order valence-corrected chi connectivity index (χ4v) is 1.68. The molecule has 2 rings (SSSR count). The molecule has 1 atom stereocenters. The quantitative estimate of drug-likeness (QED) is 0.835. The van der Waals surface area contributed by atoms with Crippen LogP contribution >= 0.6 is 0 Å². The molecular weight excluding hydrogens is 267 g/mol. The second kappa shape index (κ2) is 5.66. The van der Waals surface area contributed by atoms with Gasteiger partial charge in [-0.15, -0.1) is 0 Å². The zero-order valence-electron chi connectivity index (χ0n) is 10.3. The lowest BCUT2D eigenvalue weighted by Gasteiger charge is -2.14. The monoisotopic (exact) mass is 277 g/mol. The maximum absolute atomic E-state index is 12.6. The van der Waals surface area contributed by atoms with Crippen LogP contribution < -0.4 is 4.74 Å². The van der Waals surface area contributed by atoms with E-state index < -0.39 is 17.8 Å². The number of hydrogen-bond acceptors (Lipinski definition) is 2. The van der Waals surface area contributed by atoms with Gasteiger partial charge in [0, 0.05) is 5.56 Å². The molecule has 0 bridgehead atoms. The van der Waals surface area contributed by atoms with Crippen molar-refractivity contribution >= 4 is 0 Å². The molecule has 0 N–H and O–H groups in total. The molecule has 0 saturated heterocycles. The number of nitriles is 1. The molecule has 2 aromatic rings. The van der Waals surface area contributed by atoms with Crippen LogP contribution in [-0.4, -0.2) is 0 Å². The summed E-state index contributed by atoms with van der Waals surface area (Å²) in [7, 11) is 0. The first-order valence-electron chi connectivity index (χ1n) is 5.79.